The highest BCUT2D eigenvalue weighted by atomic mass is 16.5. The van der Waals surface area contributed by atoms with E-state index in [2.05, 4.69) is 43.5 Å². The molecule has 0 saturated carbocycles. The Hall–Kier alpha value is -2.88. The molecule has 0 radical (unpaired) electrons. The Morgan fingerprint density at radius 1 is 1.04 bits per heavy atom. The number of aryl methyl sites for hydroxylation is 3. The molecule has 0 fully saturated rings. The predicted molar refractivity (Wildman–Crippen MR) is 93.9 cm³/mol. The Morgan fingerprint density at radius 3 is 2.50 bits per heavy atom. The lowest BCUT2D eigenvalue weighted by Gasteiger charge is -2.12. The van der Waals surface area contributed by atoms with Gasteiger partial charge >= 0.3 is 0 Å². The largest absolute Gasteiger partial charge is 0.487 e. The van der Waals surface area contributed by atoms with Crippen molar-refractivity contribution in [2.45, 2.75) is 27.4 Å². The molecule has 0 aliphatic rings. The smallest absolute Gasteiger partial charge is 0.150 e. The van der Waals surface area contributed by atoms with Gasteiger partial charge in [-0.3, -0.25) is 4.79 Å². The maximum absolute atomic E-state index is 10.8. The van der Waals surface area contributed by atoms with Gasteiger partial charge in [0, 0.05) is 17.0 Å². The summed E-state index contributed by atoms with van der Waals surface area (Å²) in [6.07, 6.45) is 0.813. The first-order valence-electron chi connectivity index (χ1n) is 7.88. The number of rotatable bonds is 5. The van der Waals surface area contributed by atoms with Crippen molar-refractivity contribution in [1.82, 2.24) is 9.55 Å². The third kappa shape index (κ3) is 3.38. The van der Waals surface area contributed by atoms with Crippen LogP contribution in [0, 0.1) is 20.8 Å². The molecular weight excluding hydrogens is 300 g/mol. The van der Waals surface area contributed by atoms with Crippen molar-refractivity contribution < 1.29 is 9.53 Å². The van der Waals surface area contributed by atoms with Crippen LogP contribution >= 0.6 is 0 Å². The molecule has 1 aromatic carbocycles. The molecule has 3 rings (SSSR count). The van der Waals surface area contributed by atoms with E-state index in [9.17, 15) is 4.79 Å². The second-order valence-corrected chi connectivity index (χ2v) is 5.92. The van der Waals surface area contributed by atoms with Crippen molar-refractivity contribution in [2.75, 3.05) is 0 Å². The molecular formula is C20H20N2O2. The Bertz CT molecular complexity index is 862. The van der Waals surface area contributed by atoms with E-state index in [-0.39, 0.29) is 0 Å². The summed E-state index contributed by atoms with van der Waals surface area (Å²) >= 11 is 0. The first kappa shape index (κ1) is 16.0. The highest BCUT2D eigenvalue weighted by Gasteiger charge is 2.08. The number of hydrogen-bond acceptors (Lipinski definition) is 3. The van der Waals surface area contributed by atoms with Gasteiger partial charge in [-0.15, -0.1) is 0 Å². The minimum atomic E-state index is 0.357. The normalized spacial score (nSPS) is 10.6. The minimum Gasteiger partial charge on any atom is -0.487 e. The van der Waals surface area contributed by atoms with Crippen LogP contribution < -0.4 is 4.74 Å². The Kier molecular flexibility index (Phi) is 4.47. The number of nitrogens with zero attached hydrogens (tertiary/aromatic N) is 2. The predicted octanol–water partition coefficient (Wildman–Crippen LogP) is 4.19. The maximum Gasteiger partial charge on any atom is 0.150 e. The molecule has 0 amide bonds. The summed E-state index contributed by atoms with van der Waals surface area (Å²) in [5, 5.41) is 0. The average Bonchev–Trinajstić information content (AvgIpc) is 2.91. The first-order chi connectivity index (χ1) is 11.6. The molecule has 4 nitrogen and oxygen atoms in total. The summed E-state index contributed by atoms with van der Waals surface area (Å²) in [6, 6.07) is 15.4. The van der Waals surface area contributed by atoms with Crippen molar-refractivity contribution >= 4 is 6.29 Å². The molecule has 0 atom stereocenters. The second kappa shape index (κ2) is 6.71. The van der Waals surface area contributed by atoms with Crippen LogP contribution in [-0.2, 0) is 6.61 Å². The number of ether oxygens (including phenoxy) is 1. The van der Waals surface area contributed by atoms with Crippen LogP contribution in [0.3, 0.4) is 0 Å². The molecule has 4 heteroatoms. The summed E-state index contributed by atoms with van der Waals surface area (Å²) in [6.45, 7) is 6.54. The van der Waals surface area contributed by atoms with Gasteiger partial charge in [-0.2, -0.15) is 0 Å². The number of carbonyl (C=O) groups is 1. The van der Waals surface area contributed by atoms with Gasteiger partial charge in [0.25, 0.3) is 0 Å². The van der Waals surface area contributed by atoms with E-state index < -0.39 is 0 Å². The molecule has 0 unspecified atom stereocenters. The van der Waals surface area contributed by atoms with E-state index in [1.54, 1.807) is 18.2 Å². The fraction of sp³-hybridized carbons (Fsp3) is 0.200. The van der Waals surface area contributed by atoms with Gasteiger partial charge in [-0.1, -0.05) is 12.1 Å². The molecule has 0 saturated heterocycles. The minimum absolute atomic E-state index is 0.357. The molecule has 24 heavy (non-hydrogen) atoms. The zero-order valence-corrected chi connectivity index (χ0v) is 14.1. The third-order valence-corrected chi connectivity index (χ3v) is 3.89. The SMILES string of the molecule is Cc1cc(COc2cccc(C=O)c2)nc(-n2c(C)ccc2C)c1. The summed E-state index contributed by atoms with van der Waals surface area (Å²) in [5.41, 5.74) is 4.89. The summed E-state index contributed by atoms with van der Waals surface area (Å²) in [4.78, 5) is 15.6. The van der Waals surface area contributed by atoms with Gasteiger partial charge in [-0.05, 0) is 62.7 Å². The lowest BCUT2D eigenvalue weighted by molar-refractivity contribution is 0.112. The highest BCUT2D eigenvalue weighted by molar-refractivity contribution is 5.75. The van der Waals surface area contributed by atoms with Gasteiger partial charge in [0.1, 0.15) is 24.5 Å². The Labute approximate surface area is 141 Å². The third-order valence-electron chi connectivity index (χ3n) is 3.89. The van der Waals surface area contributed by atoms with Crippen molar-refractivity contribution in [1.29, 1.82) is 0 Å². The van der Waals surface area contributed by atoms with Crippen LogP contribution in [-0.4, -0.2) is 15.8 Å². The Morgan fingerprint density at radius 2 is 1.79 bits per heavy atom. The molecule has 2 aromatic heterocycles. The van der Waals surface area contributed by atoms with Crippen LogP contribution in [0.4, 0.5) is 0 Å². The van der Waals surface area contributed by atoms with E-state index in [1.165, 1.54) is 0 Å². The fourth-order valence-electron chi connectivity index (χ4n) is 2.77. The number of hydrogen-bond donors (Lipinski definition) is 0. The number of carbonyl (C=O) groups excluding carboxylic acids is 1. The van der Waals surface area contributed by atoms with Gasteiger partial charge in [0.15, 0.2) is 0 Å². The number of pyridine rings is 1. The summed E-state index contributed by atoms with van der Waals surface area (Å²) < 4.78 is 7.92. The molecule has 0 aliphatic carbocycles. The molecule has 0 N–H and O–H groups in total. The van der Waals surface area contributed by atoms with E-state index in [4.69, 9.17) is 9.72 Å². The molecule has 3 aromatic rings. The van der Waals surface area contributed by atoms with Crippen molar-refractivity contribution in [3.63, 3.8) is 0 Å². The maximum atomic E-state index is 10.8. The molecule has 0 bridgehead atoms. The van der Waals surface area contributed by atoms with Crippen molar-refractivity contribution in [3.05, 3.63) is 76.7 Å². The van der Waals surface area contributed by atoms with Crippen LogP contribution in [0.1, 0.15) is 33.0 Å². The number of aldehydes is 1. The quantitative estimate of drug-likeness (QED) is 0.662. The van der Waals surface area contributed by atoms with Crippen molar-refractivity contribution in [2.24, 2.45) is 0 Å². The second-order valence-electron chi connectivity index (χ2n) is 5.92. The monoisotopic (exact) mass is 320 g/mol. The molecule has 122 valence electrons. The van der Waals surface area contributed by atoms with Gasteiger partial charge in [0.05, 0.1) is 5.69 Å². The Balaban J connectivity index is 1.85. The molecule has 0 aliphatic heterocycles. The lowest BCUT2D eigenvalue weighted by atomic mass is 10.2. The van der Waals surface area contributed by atoms with Gasteiger partial charge in [0.2, 0.25) is 0 Å². The van der Waals surface area contributed by atoms with Crippen LogP contribution in [0.5, 0.6) is 5.75 Å². The van der Waals surface area contributed by atoms with Crippen molar-refractivity contribution in [3.8, 4) is 11.6 Å². The fourth-order valence-corrected chi connectivity index (χ4v) is 2.77. The number of benzene rings is 1. The molecule has 2 heterocycles. The standard InChI is InChI=1S/C20H20N2O2/c1-14-9-18(13-24-19-6-4-5-17(11-19)12-23)21-20(10-14)22-15(2)7-8-16(22)3/h4-12H,13H2,1-3H3. The lowest BCUT2D eigenvalue weighted by Crippen LogP contribution is -2.06. The topological polar surface area (TPSA) is 44.1 Å². The van der Waals surface area contributed by atoms with Crippen LogP contribution in [0.2, 0.25) is 0 Å². The first-order valence-corrected chi connectivity index (χ1v) is 7.88. The zero-order chi connectivity index (χ0) is 17.1. The van der Waals surface area contributed by atoms with E-state index >= 15 is 0 Å². The van der Waals surface area contributed by atoms with E-state index in [1.807, 2.05) is 12.1 Å². The zero-order valence-electron chi connectivity index (χ0n) is 14.1. The van der Waals surface area contributed by atoms with E-state index in [0.29, 0.717) is 17.9 Å². The van der Waals surface area contributed by atoms with Crippen LogP contribution in [0.25, 0.3) is 5.82 Å². The van der Waals surface area contributed by atoms with Crippen LogP contribution in [0.15, 0.2) is 48.5 Å². The molecule has 0 spiro atoms. The summed E-state index contributed by atoms with van der Waals surface area (Å²) in [5.74, 6) is 1.56. The number of aromatic nitrogens is 2. The summed E-state index contributed by atoms with van der Waals surface area (Å²) in [7, 11) is 0. The van der Waals surface area contributed by atoms with Gasteiger partial charge in [-0.25, -0.2) is 4.98 Å². The van der Waals surface area contributed by atoms with Gasteiger partial charge < -0.3 is 9.30 Å². The average molecular weight is 320 g/mol. The van der Waals surface area contributed by atoms with E-state index in [0.717, 1.165) is 34.7 Å². The highest BCUT2D eigenvalue weighted by Crippen LogP contribution is 2.18.